The summed E-state index contributed by atoms with van der Waals surface area (Å²) < 4.78 is 2.15. The van der Waals surface area contributed by atoms with Crippen LogP contribution >= 0.6 is 0 Å². The number of aromatic nitrogens is 2. The van der Waals surface area contributed by atoms with Crippen LogP contribution in [0.1, 0.15) is 28.9 Å². The maximum Gasteiger partial charge on any atom is 0.123 e. The van der Waals surface area contributed by atoms with Crippen LogP contribution in [0.3, 0.4) is 0 Å². The molecular formula is C20H22N4. The molecule has 3 rings (SSSR count). The highest BCUT2D eigenvalue weighted by atomic mass is 15.1. The van der Waals surface area contributed by atoms with Gasteiger partial charge in [-0.05, 0) is 24.0 Å². The summed E-state index contributed by atoms with van der Waals surface area (Å²) in [4.78, 5) is 4.50. The second kappa shape index (κ2) is 7.59. The van der Waals surface area contributed by atoms with E-state index in [1.165, 1.54) is 5.56 Å². The van der Waals surface area contributed by atoms with Gasteiger partial charge in [0.1, 0.15) is 11.7 Å². The number of rotatable bonds is 7. The zero-order valence-electron chi connectivity index (χ0n) is 13.7. The van der Waals surface area contributed by atoms with Crippen LogP contribution in [0.5, 0.6) is 0 Å². The summed E-state index contributed by atoms with van der Waals surface area (Å²) in [5.41, 5.74) is 8.88. The molecular weight excluding hydrogens is 296 g/mol. The van der Waals surface area contributed by atoms with Crippen molar-refractivity contribution in [2.45, 2.75) is 25.8 Å². The van der Waals surface area contributed by atoms with E-state index in [1.807, 2.05) is 42.7 Å². The van der Waals surface area contributed by atoms with Crippen molar-refractivity contribution >= 4 is 5.84 Å². The van der Waals surface area contributed by atoms with Gasteiger partial charge in [-0.2, -0.15) is 0 Å². The van der Waals surface area contributed by atoms with Crippen LogP contribution in [0.4, 0.5) is 0 Å². The van der Waals surface area contributed by atoms with E-state index in [0.717, 1.165) is 36.2 Å². The number of benzene rings is 2. The molecule has 2 aromatic carbocycles. The monoisotopic (exact) mass is 318 g/mol. The van der Waals surface area contributed by atoms with Gasteiger partial charge in [0.2, 0.25) is 0 Å². The summed E-state index contributed by atoms with van der Waals surface area (Å²) >= 11 is 0. The molecule has 0 saturated carbocycles. The molecule has 4 heteroatoms. The van der Waals surface area contributed by atoms with Crippen LogP contribution in [0.15, 0.2) is 67.0 Å². The number of hydrogen-bond donors (Lipinski definition) is 2. The quantitative estimate of drug-likeness (QED) is 0.518. The first-order chi connectivity index (χ1) is 11.7. The Morgan fingerprint density at radius 1 is 1.00 bits per heavy atom. The normalized spacial score (nSPS) is 10.7. The molecule has 0 atom stereocenters. The molecule has 0 aliphatic heterocycles. The van der Waals surface area contributed by atoms with E-state index >= 15 is 0 Å². The van der Waals surface area contributed by atoms with Crippen molar-refractivity contribution in [3.8, 4) is 0 Å². The second-order valence-electron chi connectivity index (χ2n) is 5.88. The van der Waals surface area contributed by atoms with Crippen LogP contribution in [0, 0.1) is 5.41 Å². The summed E-state index contributed by atoms with van der Waals surface area (Å²) in [6.45, 7) is 0.691. The summed E-state index contributed by atoms with van der Waals surface area (Å²) in [6.07, 6.45) is 6.89. The van der Waals surface area contributed by atoms with Crippen molar-refractivity contribution in [2.75, 3.05) is 0 Å². The Hall–Kier alpha value is -2.88. The Morgan fingerprint density at radius 3 is 2.54 bits per heavy atom. The highest BCUT2D eigenvalue weighted by Gasteiger charge is 2.08. The van der Waals surface area contributed by atoms with Crippen LogP contribution in [-0.4, -0.2) is 15.4 Å². The molecule has 1 aromatic heterocycles. The van der Waals surface area contributed by atoms with E-state index in [1.54, 1.807) is 0 Å². The lowest BCUT2D eigenvalue weighted by Gasteiger charge is -2.11. The molecule has 0 aliphatic rings. The Balaban J connectivity index is 1.66. The number of nitrogens with two attached hydrogens (primary N) is 1. The smallest absolute Gasteiger partial charge is 0.123 e. The van der Waals surface area contributed by atoms with Gasteiger partial charge in [-0.1, -0.05) is 54.6 Å². The zero-order chi connectivity index (χ0) is 16.8. The van der Waals surface area contributed by atoms with Gasteiger partial charge in [-0.15, -0.1) is 0 Å². The number of nitrogen functional groups attached to an aromatic ring is 1. The topological polar surface area (TPSA) is 67.7 Å². The maximum absolute atomic E-state index is 7.72. The highest BCUT2D eigenvalue weighted by molar-refractivity contribution is 5.96. The number of aryl methyl sites for hydroxylation is 2. The Kier molecular flexibility index (Phi) is 5.06. The summed E-state index contributed by atoms with van der Waals surface area (Å²) in [5, 5.41) is 7.72. The van der Waals surface area contributed by atoms with Crippen LogP contribution in [0.25, 0.3) is 0 Å². The van der Waals surface area contributed by atoms with Crippen molar-refractivity contribution in [3.05, 3.63) is 89.5 Å². The Morgan fingerprint density at radius 2 is 1.75 bits per heavy atom. The number of nitrogens with one attached hydrogen (secondary N) is 1. The minimum Gasteiger partial charge on any atom is -0.384 e. The van der Waals surface area contributed by atoms with E-state index in [-0.39, 0.29) is 5.84 Å². The molecule has 24 heavy (non-hydrogen) atoms. The molecule has 0 bridgehead atoms. The van der Waals surface area contributed by atoms with Gasteiger partial charge in [0.15, 0.2) is 0 Å². The van der Waals surface area contributed by atoms with E-state index in [2.05, 4.69) is 33.8 Å². The zero-order valence-corrected chi connectivity index (χ0v) is 13.7. The number of nitrogens with zero attached hydrogens (tertiary/aromatic N) is 2. The molecule has 0 saturated heterocycles. The van der Waals surface area contributed by atoms with E-state index < -0.39 is 0 Å². The molecule has 3 N–H and O–H groups in total. The van der Waals surface area contributed by atoms with Crippen molar-refractivity contribution in [3.63, 3.8) is 0 Å². The Labute approximate surface area is 142 Å². The first kappa shape index (κ1) is 16.0. The summed E-state index contributed by atoms with van der Waals surface area (Å²) in [5.74, 6) is 1.18. The molecule has 0 radical (unpaired) electrons. The minimum absolute atomic E-state index is 0.108. The van der Waals surface area contributed by atoms with E-state index in [0.29, 0.717) is 6.54 Å². The van der Waals surface area contributed by atoms with Crippen molar-refractivity contribution in [2.24, 2.45) is 5.73 Å². The first-order valence-electron chi connectivity index (χ1n) is 8.20. The lowest BCUT2D eigenvalue weighted by molar-refractivity contribution is 0.685. The third-order valence-electron chi connectivity index (χ3n) is 4.16. The highest BCUT2D eigenvalue weighted by Crippen LogP contribution is 2.13. The number of hydrogen-bond acceptors (Lipinski definition) is 2. The predicted molar refractivity (Wildman–Crippen MR) is 97.3 cm³/mol. The van der Waals surface area contributed by atoms with Gasteiger partial charge >= 0.3 is 0 Å². The molecule has 0 amide bonds. The summed E-state index contributed by atoms with van der Waals surface area (Å²) in [6, 6.07) is 18.3. The van der Waals surface area contributed by atoms with Gasteiger partial charge < -0.3 is 10.3 Å². The van der Waals surface area contributed by atoms with Gasteiger partial charge in [-0.3, -0.25) is 5.41 Å². The van der Waals surface area contributed by atoms with Crippen molar-refractivity contribution in [1.29, 1.82) is 5.41 Å². The molecule has 4 nitrogen and oxygen atoms in total. The predicted octanol–water partition coefficient (Wildman–Crippen LogP) is 3.39. The fraction of sp³-hybridized carbons (Fsp3) is 0.200. The van der Waals surface area contributed by atoms with Crippen LogP contribution < -0.4 is 5.73 Å². The SMILES string of the molecule is N=C(N)c1ccccc1Cn1ccnc1CCCc1ccccc1. The van der Waals surface area contributed by atoms with E-state index in [9.17, 15) is 0 Å². The third-order valence-corrected chi connectivity index (χ3v) is 4.16. The van der Waals surface area contributed by atoms with Gasteiger partial charge in [0.05, 0.1) is 0 Å². The molecule has 1 heterocycles. The lowest BCUT2D eigenvalue weighted by atomic mass is 10.1. The van der Waals surface area contributed by atoms with E-state index in [4.69, 9.17) is 11.1 Å². The van der Waals surface area contributed by atoms with Crippen LogP contribution in [-0.2, 0) is 19.4 Å². The summed E-state index contributed by atoms with van der Waals surface area (Å²) in [7, 11) is 0. The fourth-order valence-electron chi connectivity index (χ4n) is 2.91. The average molecular weight is 318 g/mol. The van der Waals surface area contributed by atoms with Gasteiger partial charge in [0, 0.05) is 30.9 Å². The second-order valence-corrected chi connectivity index (χ2v) is 5.88. The van der Waals surface area contributed by atoms with Gasteiger partial charge in [-0.25, -0.2) is 4.98 Å². The average Bonchev–Trinajstić information content (AvgIpc) is 3.03. The van der Waals surface area contributed by atoms with Crippen molar-refractivity contribution in [1.82, 2.24) is 9.55 Å². The fourth-order valence-corrected chi connectivity index (χ4v) is 2.91. The third kappa shape index (κ3) is 3.90. The Bertz CT molecular complexity index is 805. The molecule has 0 fully saturated rings. The molecule has 0 aliphatic carbocycles. The largest absolute Gasteiger partial charge is 0.384 e. The minimum atomic E-state index is 0.108. The van der Waals surface area contributed by atoms with Crippen LogP contribution in [0.2, 0.25) is 0 Å². The molecule has 3 aromatic rings. The number of amidine groups is 1. The number of imidazole rings is 1. The molecule has 122 valence electrons. The first-order valence-corrected chi connectivity index (χ1v) is 8.20. The lowest BCUT2D eigenvalue weighted by Crippen LogP contribution is -2.15. The standard InChI is InChI=1S/C20H22N4/c21-20(22)18-11-5-4-10-17(18)15-24-14-13-23-19(24)12-6-9-16-7-2-1-3-8-16/h1-5,7-8,10-11,13-14H,6,9,12,15H2,(H3,21,22). The molecule has 0 unspecified atom stereocenters. The maximum atomic E-state index is 7.72. The van der Waals surface area contributed by atoms with Gasteiger partial charge in [0.25, 0.3) is 0 Å². The van der Waals surface area contributed by atoms with Crippen molar-refractivity contribution < 1.29 is 0 Å². The molecule has 0 spiro atoms.